The second kappa shape index (κ2) is 20.5. The minimum atomic E-state index is -0.164. The molecule has 0 saturated carbocycles. The molecule has 2 rings (SSSR count). The van der Waals surface area contributed by atoms with E-state index in [4.69, 9.17) is 9.47 Å². The van der Waals surface area contributed by atoms with Gasteiger partial charge in [-0.2, -0.15) is 0 Å². The first-order valence-electron chi connectivity index (χ1n) is 16.1. The van der Waals surface area contributed by atoms with Crippen molar-refractivity contribution in [2.45, 2.75) is 123 Å². The van der Waals surface area contributed by atoms with Gasteiger partial charge >= 0.3 is 5.97 Å². The van der Waals surface area contributed by atoms with Gasteiger partial charge in [-0.15, -0.1) is 0 Å². The van der Waals surface area contributed by atoms with Crippen molar-refractivity contribution in [2.24, 2.45) is 0 Å². The molecule has 0 N–H and O–H groups in total. The van der Waals surface area contributed by atoms with E-state index < -0.39 is 0 Å². The van der Waals surface area contributed by atoms with Gasteiger partial charge in [-0.05, 0) is 50.3 Å². The molecule has 0 spiro atoms. The lowest BCUT2D eigenvalue weighted by atomic mass is 10.0. The molecule has 4 nitrogen and oxygen atoms in total. The van der Waals surface area contributed by atoms with Gasteiger partial charge in [0.25, 0.3) is 0 Å². The third-order valence-corrected chi connectivity index (χ3v) is 7.63. The lowest BCUT2D eigenvalue weighted by Crippen LogP contribution is -2.39. The Hall–Kier alpha value is -2.33. The summed E-state index contributed by atoms with van der Waals surface area (Å²) in [6.07, 6.45) is 18.3. The molecule has 1 atom stereocenters. The van der Waals surface area contributed by atoms with Crippen molar-refractivity contribution in [3.05, 3.63) is 65.7 Å². The van der Waals surface area contributed by atoms with Crippen LogP contribution in [0.15, 0.2) is 54.6 Å². The van der Waals surface area contributed by atoms with Gasteiger partial charge in [0.2, 0.25) is 0 Å². The Balaban J connectivity index is 1.52. The Bertz CT molecular complexity index is 911. The van der Waals surface area contributed by atoms with Gasteiger partial charge in [0, 0.05) is 12.0 Å². The molecular weight excluding hydrogens is 494 g/mol. The second-order valence-electron chi connectivity index (χ2n) is 12.3. The number of carbonyl (C=O) groups excluding carboxylic acids is 1. The lowest BCUT2D eigenvalue weighted by Gasteiger charge is -2.30. The number of quaternary nitrogens is 1. The smallest absolute Gasteiger partial charge is 0.305 e. The molecule has 2 aromatic rings. The van der Waals surface area contributed by atoms with E-state index in [0.29, 0.717) is 6.42 Å². The summed E-state index contributed by atoms with van der Waals surface area (Å²) in [5, 5.41) is 0. The number of nitrogens with zero attached hydrogens (tertiary/aromatic N) is 1. The molecular formula is C36H58NO3+. The quantitative estimate of drug-likeness (QED) is 0.0783. The summed E-state index contributed by atoms with van der Waals surface area (Å²) >= 11 is 0. The van der Waals surface area contributed by atoms with E-state index in [1.54, 1.807) is 0 Å². The third kappa shape index (κ3) is 16.7. The number of hydrogen-bond donors (Lipinski definition) is 0. The average molecular weight is 553 g/mol. The highest BCUT2D eigenvalue weighted by atomic mass is 16.6. The van der Waals surface area contributed by atoms with Crippen LogP contribution >= 0.6 is 0 Å². The van der Waals surface area contributed by atoms with Crippen molar-refractivity contribution >= 4 is 5.97 Å². The van der Waals surface area contributed by atoms with E-state index in [2.05, 4.69) is 69.6 Å². The van der Waals surface area contributed by atoms with Crippen LogP contribution in [0.5, 0.6) is 5.75 Å². The molecule has 0 aliphatic heterocycles. The monoisotopic (exact) mass is 552 g/mol. The van der Waals surface area contributed by atoms with E-state index in [1.165, 1.54) is 81.8 Å². The van der Waals surface area contributed by atoms with Crippen molar-refractivity contribution in [2.75, 3.05) is 27.2 Å². The highest BCUT2D eigenvalue weighted by Crippen LogP contribution is 2.18. The van der Waals surface area contributed by atoms with Crippen molar-refractivity contribution < 1.29 is 18.8 Å². The van der Waals surface area contributed by atoms with Crippen LogP contribution in [0.3, 0.4) is 0 Å². The summed E-state index contributed by atoms with van der Waals surface area (Å²) in [5.74, 6) is 0.733. The number of ether oxygens (including phenoxy) is 2. The largest absolute Gasteiger partial charge is 0.487 e. The number of hydrogen-bond acceptors (Lipinski definition) is 3. The van der Waals surface area contributed by atoms with E-state index in [1.807, 2.05) is 13.0 Å². The van der Waals surface area contributed by atoms with Gasteiger partial charge in [0.1, 0.15) is 25.0 Å². The first kappa shape index (κ1) is 33.9. The molecule has 0 amide bonds. The normalized spacial score (nSPS) is 12.3. The number of aryl methyl sites for hydroxylation is 1. The van der Waals surface area contributed by atoms with E-state index >= 15 is 0 Å². The first-order valence-corrected chi connectivity index (χ1v) is 16.1. The summed E-state index contributed by atoms with van der Waals surface area (Å²) < 4.78 is 12.5. The maximum Gasteiger partial charge on any atom is 0.305 e. The minimum absolute atomic E-state index is 0.131. The Morgan fingerprint density at radius 2 is 1.38 bits per heavy atom. The van der Waals surface area contributed by atoms with Gasteiger partial charge in [-0.25, -0.2) is 0 Å². The summed E-state index contributed by atoms with van der Waals surface area (Å²) in [4.78, 5) is 12.3. The summed E-state index contributed by atoms with van der Waals surface area (Å²) in [6, 6.07) is 19.0. The SMILES string of the molecule is CCCCCCCCCCCCCc1cccc(OC(C)COC(=O)CCCC[N+](C)(C)Cc2ccccc2)c1. The van der Waals surface area contributed by atoms with Crippen molar-refractivity contribution in [1.29, 1.82) is 0 Å². The third-order valence-electron chi connectivity index (χ3n) is 7.63. The standard InChI is InChI=1S/C36H58NO3/c1-5-6-7-8-9-10-11-12-13-14-16-22-33-25-21-26-35(29-33)40-32(2)31-39-36(38)27-19-20-28-37(3,4)30-34-23-17-15-18-24-34/h15,17-18,21,23-26,29,32H,5-14,16,19-20,22,27-28,30-31H2,1-4H3/q+1. The molecule has 4 heteroatoms. The molecule has 40 heavy (non-hydrogen) atoms. The molecule has 224 valence electrons. The first-order chi connectivity index (χ1) is 19.4. The maximum absolute atomic E-state index is 12.3. The van der Waals surface area contributed by atoms with Crippen LogP contribution < -0.4 is 4.74 Å². The van der Waals surface area contributed by atoms with Gasteiger partial charge in [0.05, 0.1) is 20.6 Å². The topological polar surface area (TPSA) is 35.5 Å². The van der Waals surface area contributed by atoms with Gasteiger partial charge < -0.3 is 14.0 Å². The van der Waals surface area contributed by atoms with E-state index in [9.17, 15) is 4.79 Å². The maximum atomic E-state index is 12.3. The molecule has 0 aromatic heterocycles. The van der Waals surface area contributed by atoms with Crippen LogP contribution in [0.25, 0.3) is 0 Å². The van der Waals surface area contributed by atoms with E-state index in [-0.39, 0.29) is 18.7 Å². The Morgan fingerprint density at radius 1 is 0.750 bits per heavy atom. The average Bonchev–Trinajstić information content (AvgIpc) is 2.93. The number of benzene rings is 2. The van der Waals surface area contributed by atoms with Crippen LogP contribution in [-0.2, 0) is 22.5 Å². The Morgan fingerprint density at radius 3 is 2.05 bits per heavy atom. The zero-order valence-electron chi connectivity index (χ0n) is 26.2. The molecule has 1 unspecified atom stereocenters. The van der Waals surface area contributed by atoms with Crippen molar-refractivity contribution in [3.63, 3.8) is 0 Å². The lowest BCUT2D eigenvalue weighted by molar-refractivity contribution is -0.903. The molecule has 0 saturated heterocycles. The van der Waals surface area contributed by atoms with Crippen LogP contribution in [0.2, 0.25) is 0 Å². The predicted molar refractivity (Wildman–Crippen MR) is 169 cm³/mol. The Kier molecular flexibility index (Phi) is 17.4. The van der Waals surface area contributed by atoms with Crippen LogP contribution in [0, 0.1) is 0 Å². The molecule has 0 heterocycles. The van der Waals surface area contributed by atoms with Gasteiger partial charge in [0.15, 0.2) is 0 Å². The fraction of sp³-hybridized carbons (Fsp3) is 0.639. The number of carbonyl (C=O) groups is 1. The van der Waals surface area contributed by atoms with Gasteiger partial charge in [-0.3, -0.25) is 4.79 Å². The number of unbranched alkanes of at least 4 members (excludes halogenated alkanes) is 11. The molecule has 0 aliphatic carbocycles. The molecule has 0 radical (unpaired) electrons. The van der Waals surface area contributed by atoms with Crippen molar-refractivity contribution in [3.8, 4) is 5.75 Å². The summed E-state index contributed by atoms with van der Waals surface area (Å²) in [6.45, 7) is 6.57. The summed E-state index contributed by atoms with van der Waals surface area (Å²) in [5.41, 5.74) is 2.67. The minimum Gasteiger partial charge on any atom is -0.487 e. The number of rotatable bonds is 23. The zero-order valence-corrected chi connectivity index (χ0v) is 26.2. The van der Waals surface area contributed by atoms with Crippen LogP contribution in [-0.4, -0.2) is 43.8 Å². The van der Waals surface area contributed by atoms with Crippen LogP contribution in [0.4, 0.5) is 0 Å². The van der Waals surface area contributed by atoms with Crippen LogP contribution in [0.1, 0.15) is 115 Å². The summed E-state index contributed by atoms with van der Waals surface area (Å²) in [7, 11) is 4.49. The predicted octanol–water partition coefficient (Wildman–Crippen LogP) is 9.30. The highest BCUT2D eigenvalue weighted by Gasteiger charge is 2.16. The zero-order chi connectivity index (χ0) is 28.9. The Labute approximate surface area is 246 Å². The fourth-order valence-corrected chi connectivity index (χ4v) is 5.28. The molecule has 2 aromatic carbocycles. The van der Waals surface area contributed by atoms with Gasteiger partial charge in [-0.1, -0.05) is 114 Å². The highest BCUT2D eigenvalue weighted by molar-refractivity contribution is 5.69. The van der Waals surface area contributed by atoms with E-state index in [0.717, 1.165) is 42.6 Å². The number of esters is 1. The van der Waals surface area contributed by atoms with Crippen molar-refractivity contribution in [1.82, 2.24) is 0 Å². The molecule has 0 fully saturated rings. The molecule has 0 bridgehead atoms. The molecule has 0 aliphatic rings. The second-order valence-corrected chi connectivity index (χ2v) is 12.3. The fourth-order valence-electron chi connectivity index (χ4n) is 5.28.